The van der Waals surface area contributed by atoms with Gasteiger partial charge in [0.1, 0.15) is 0 Å². The highest BCUT2D eigenvalue weighted by Crippen LogP contribution is 2.09. The van der Waals surface area contributed by atoms with Gasteiger partial charge < -0.3 is 5.32 Å². The van der Waals surface area contributed by atoms with Crippen LogP contribution in [0, 0.1) is 6.92 Å². The Kier molecular flexibility index (Phi) is 4.36. The highest BCUT2D eigenvalue weighted by atomic mass is 15.1. The molecule has 1 rings (SSSR count). The van der Waals surface area contributed by atoms with Gasteiger partial charge in [0.05, 0.1) is 0 Å². The molecule has 0 aliphatic heterocycles. The summed E-state index contributed by atoms with van der Waals surface area (Å²) in [4.78, 5) is 8.65. The maximum Gasteiger partial charge on any atom is 0.222 e. The van der Waals surface area contributed by atoms with Crippen LogP contribution < -0.4 is 5.32 Å². The normalized spacial score (nSPS) is 10.2. The molecular weight excluding hydrogens is 174 g/mol. The third kappa shape index (κ3) is 2.98. The van der Waals surface area contributed by atoms with E-state index < -0.39 is 0 Å². The highest BCUT2D eigenvalue weighted by molar-refractivity contribution is 5.28. The molecule has 3 nitrogen and oxygen atoms in total. The van der Waals surface area contributed by atoms with Gasteiger partial charge in [0.2, 0.25) is 5.95 Å². The standard InChI is InChI=1S/C11H19N3/c1-4-6-7-10-8-13-11(12-5-2)14-9(10)3/h8H,4-7H2,1-3H3,(H,12,13,14). The van der Waals surface area contributed by atoms with Gasteiger partial charge in [-0.2, -0.15) is 0 Å². The summed E-state index contributed by atoms with van der Waals surface area (Å²) in [5.74, 6) is 0.741. The van der Waals surface area contributed by atoms with Crippen LogP contribution in [-0.4, -0.2) is 16.5 Å². The molecule has 1 aromatic rings. The largest absolute Gasteiger partial charge is 0.354 e. The number of aromatic nitrogens is 2. The maximum absolute atomic E-state index is 4.39. The Bertz CT molecular complexity index is 284. The molecule has 1 N–H and O–H groups in total. The fourth-order valence-electron chi connectivity index (χ4n) is 1.35. The molecule has 0 atom stereocenters. The van der Waals surface area contributed by atoms with Gasteiger partial charge in [0.25, 0.3) is 0 Å². The van der Waals surface area contributed by atoms with Crippen LogP contribution >= 0.6 is 0 Å². The van der Waals surface area contributed by atoms with Gasteiger partial charge in [0.15, 0.2) is 0 Å². The number of anilines is 1. The van der Waals surface area contributed by atoms with E-state index in [1.54, 1.807) is 0 Å². The van der Waals surface area contributed by atoms with Crippen molar-refractivity contribution in [2.24, 2.45) is 0 Å². The Hall–Kier alpha value is -1.12. The van der Waals surface area contributed by atoms with Crippen molar-refractivity contribution in [3.63, 3.8) is 0 Å². The lowest BCUT2D eigenvalue weighted by atomic mass is 10.1. The Morgan fingerprint density at radius 2 is 2.14 bits per heavy atom. The molecule has 78 valence electrons. The zero-order chi connectivity index (χ0) is 10.4. The van der Waals surface area contributed by atoms with Crippen LogP contribution in [0.1, 0.15) is 37.9 Å². The average Bonchev–Trinajstić information content (AvgIpc) is 2.17. The molecule has 0 spiro atoms. The first-order valence-electron chi connectivity index (χ1n) is 5.34. The van der Waals surface area contributed by atoms with Crippen molar-refractivity contribution in [2.45, 2.75) is 40.0 Å². The van der Waals surface area contributed by atoms with Gasteiger partial charge in [-0.05, 0) is 32.3 Å². The maximum atomic E-state index is 4.39. The van der Waals surface area contributed by atoms with E-state index in [-0.39, 0.29) is 0 Å². The smallest absolute Gasteiger partial charge is 0.222 e. The van der Waals surface area contributed by atoms with Crippen molar-refractivity contribution in [3.8, 4) is 0 Å². The van der Waals surface area contributed by atoms with Gasteiger partial charge in [0, 0.05) is 18.4 Å². The Morgan fingerprint density at radius 1 is 1.36 bits per heavy atom. The predicted molar refractivity (Wildman–Crippen MR) is 59.5 cm³/mol. The first kappa shape index (κ1) is 11.0. The van der Waals surface area contributed by atoms with Crippen LogP contribution in [0.15, 0.2) is 6.20 Å². The van der Waals surface area contributed by atoms with Gasteiger partial charge in [-0.25, -0.2) is 9.97 Å². The van der Waals surface area contributed by atoms with Crippen LogP contribution in [-0.2, 0) is 6.42 Å². The van der Waals surface area contributed by atoms with Crippen LogP contribution in [0.4, 0.5) is 5.95 Å². The molecular formula is C11H19N3. The summed E-state index contributed by atoms with van der Waals surface area (Å²) in [6, 6.07) is 0. The molecule has 0 aromatic carbocycles. The molecule has 0 aliphatic carbocycles. The molecule has 1 aromatic heterocycles. The molecule has 0 radical (unpaired) electrons. The number of nitrogens with one attached hydrogen (secondary N) is 1. The molecule has 3 heteroatoms. The zero-order valence-corrected chi connectivity index (χ0v) is 9.30. The zero-order valence-electron chi connectivity index (χ0n) is 9.30. The first-order chi connectivity index (χ1) is 6.77. The van der Waals surface area contributed by atoms with E-state index in [1.165, 1.54) is 18.4 Å². The van der Waals surface area contributed by atoms with Gasteiger partial charge in [-0.3, -0.25) is 0 Å². The summed E-state index contributed by atoms with van der Waals surface area (Å²) in [5.41, 5.74) is 2.37. The monoisotopic (exact) mass is 193 g/mol. The Balaban J connectivity index is 2.68. The number of nitrogens with zero attached hydrogens (tertiary/aromatic N) is 2. The summed E-state index contributed by atoms with van der Waals surface area (Å²) in [6.07, 6.45) is 5.46. The summed E-state index contributed by atoms with van der Waals surface area (Å²) in [5, 5.41) is 3.11. The molecule has 0 unspecified atom stereocenters. The SMILES string of the molecule is CCCCc1cnc(NCC)nc1C. The van der Waals surface area contributed by atoms with Crippen LogP contribution in [0.25, 0.3) is 0 Å². The minimum atomic E-state index is 0.741. The van der Waals surface area contributed by atoms with E-state index in [9.17, 15) is 0 Å². The number of hydrogen-bond acceptors (Lipinski definition) is 3. The minimum Gasteiger partial charge on any atom is -0.354 e. The second-order valence-electron chi connectivity index (χ2n) is 3.44. The van der Waals surface area contributed by atoms with Crippen LogP contribution in [0.2, 0.25) is 0 Å². The summed E-state index contributed by atoms with van der Waals surface area (Å²) < 4.78 is 0. The second-order valence-corrected chi connectivity index (χ2v) is 3.44. The second kappa shape index (κ2) is 5.58. The van der Waals surface area contributed by atoms with Crippen molar-refractivity contribution in [3.05, 3.63) is 17.5 Å². The summed E-state index contributed by atoms with van der Waals surface area (Å²) in [6.45, 7) is 7.16. The highest BCUT2D eigenvalue weighted by Gasteiger charge is 2.01. The van der Waals surface area contributed by atoms with Crippen molar-refractivity contribution in [1.82, 2.24) is 9.97 Å². The molecule has 0 fully saturated rings. The number of aryl methyl sites for hydroxylation is 2. The number of rotatable bonds is 5. The third-order valence-electron chi connectivity index (χ3n) is 2.22. The van der Waals surface area contributed by atoms with E-state index in [4.69, 9.17) is 0 Å². The van der Waals surface area contributed by atoms with Crippen molar-refractivity contribution in [1.29, 1.82) is 0 Å². The lowest BCUT2D eigenvalue weighted by Crippen LogP contribution is -2.04. The van der Waals surface area contributed by atoms with E-state index >= 15 is 0 Å². The van der Waals surface area contributed by atoms with Gasteiger partial charge in [-0.15, -0.1) is 0 Å². The Morgan fingerprint density at radius 3 is 2.71 bits per heavy atom. The van der Waals surface area contributed by atoms with Crippen molar-refractivity contribution in [2.75, 3.05) is 11.9 Å². The van der Waals surface area contributed by atoms with E-state index in [1.807, 2.05) is 20.0 Å². The molecule has 0 saturated carbocycles. The third-order valence-corrected chi connectivity index (χ3v) is 2.22. The average molecular weight is 193 g/mol. The molecule has 1 heterocycles. The molecule has 0 amide bonds. The minimum absolute atomic E-state index is 0.741. The quantitative estimate of drug-likeness (QED) is 0.781. The van der Waals surface area contributed by atoms with Crippen LogP contribution in [0.5, 0.6) is 0 Å². The van der Waals surface area contributed by atoms with E-state index in [2.05, 4.69) is 22.2 Å². The Labute approximate surface area is 86.0 Å². The molecule has 14 heavy (non-hydrogen) atoms. The number of unbranched alkanes of at least 4 members (excludes halogenated alkanes) is 1. The summed E-state index contributed by atoms with van der Waals surface area (Å²) >= 11 is 0. The number of hydrogen-bond donors (Lipinski definition) is 1. The fourth-order valence-corrected chi connectivity index (χ4v) is 1.35. The molecule has 0 bridgehead atoms. The van der Waals surface area contributed by atoms with Crippen LogP contribution in [0.3, 0.4) is 0 Å². The van der Waals surface area contributed by atoms with Gasteiger partial charge >= 0.3 is 0 Å². The predicted octanol–water partition coefficient (Wildman–Crippen LogP) is 2.56. The topological polar surface area (TPSA) is 37.8 Å². The lowest BCUT2D eigenvalue weighted by molar-refractivity contribution is 0.781. The lowest BCUT2D eigenvalue weighted by Gasteiger charge is -2.06. The molecule has 0 saturated heterocycles. The summed E-state index contributed by atoms with van der Waals surface area (Å²) in [7, 11) is 0. The molecule has 0 aliphatic rings. The van der Waals surface area contributed by atoms with Crippen molar-refractivity contribution >= 4 is 5.95 Å². The van der Waals surface area contributed by atoms with Gasteiger partial charge in [-0.1, -0.05) is 13.3 Å². The van der Waals surface area contributed by atoms with E-state index in [0.29, 0.717) is 0 Å². The van der Waals surface area contributed by atoms with Crippen molar-refractivity contribution < 1.29 is 0 Å². The fraction of sp³-hybridized carbons (Fsp3) is 0.636. The first-order valence-corrected chi connectivity index (χ1v) is 5.34. The van der Waals surface area contributed by atoms with E-state index in [0.717, 1.165) is 24.6 Å².